The molecule has 0 aliphatic rings. The minimum absolute atomic E-state index is 1.11. The molecule has 0 saturated heterocycles. The van der Waals surface area contributed by atoms with Gasteiger partial charge in [-0.05, 0) is 5.53 Å². The molecule has 0 aromatic heterocycles. The molecule has 15 heteroatoms. The highest BCUT2D eigenvalue weighted by molar-refractivity contribution is 4.66. The Morgan fingerprint density at radius 1 is 1.11 bits per heavy atom. The maximum Gasteiger partial charge on any atom is 0.294 e. The molecule has 0 amide bonds. The zero-order valence-electron chi connectivity index (χ0n) is 8.22. The fourth-order valence-corrected chi connectivity index (χ4v) is 0.712. The van der Waals surface area contributed by atoms with E-state index in [4.69, 9.17) is 5.53 Å². The van der Waals surface area contributed by atoms with Gasteiger partial charge in [-0.3, -0.25) is 0 Å². The maximum absolute atomic E-state index is 10.0. The van der Waals surface area contributed by atoms with E-state index in [1.54, 1.807) is 0 Å². The SMILES string of the molecule is [N-]=[N+]=NC(O[N+](=O)[O-])C(CO[N+](=O)[O-])O[N+](=O)[O-]. The molecular weight excluding hydrogens is 264 g/mol. The lowest BCUT2D eigenvalue weighted by molar-refractivity contribution is -0.810. The van der Waals surface area contributed by atoms with Crippen molar-refractivity contribution in [3.63, 3.8) is 0 Å². The van der Waals surface area contributed by atoms with Gasteiger partial charge >= 0.3 is 0 Å². The predicted octanol–water partition coefficient (Wildman–Crippen LogP) is -0.384. The van der Waals surface area contributed by atoms with Crippen molar-refractivity contribution in [3.8, 4) is 0 Å². The Hall–Kier alpha value is -3.09. The quantitative estimate of drug-likeness (QED) is 0.175. The third-order valence-electron chi connectivity index (χ3n) is 1.24. The lowest BCUT2D eigenvalue weighted by Crippen LogP contribution is -2.37. The minimum Gasteiger partial charge on any atom is -0.311 e. The minimum atomic E-state index is -2.12. The van der Waals surface area contributed by atoms with Crippen molar-refractivity contribution in [2.45, 2.75) is 12.3 Å². The number of rotatable bonds is 9. The summed E-state index contributed by atoms with van der Waals surface area (Å²) < 4.78 is 0. The van der Waals surface area contributed by atoms with Gasteiger partial charge in [0.15, 0.2) is 6.10 Å². The van der Waals surface area contributed by atoms with Crippen molar-refractivity contribution in [2.24, 2.45) is 5.11 Å². The summed E-state index contributed by atoms with van der Waals surface area (Å²) in [6.45, 7) is -1.11. The van der Waals surface area contributed by atoms with Gasteiger partial charge in [-0.15, -0.1) is 30.3 Å². The van der Waals surface area contributed by atoms with Crippen molar-refractivity contribution in [1.29, 1.82) is 0 Å². The fourth-order valence-electron chi connectivity index (χ4n) is 0.712. The Balaban J connectivity index is 4.82. The molecule has 0 aromatic rings. The molecule has 0 aromatic carbocycles. The first-order chi connectivity index (χ1) is 8.36. The fraction of sp³-hybridized carbons (Fsp3) is 1.00. The molecule has 0 aliphatic carbocycles. The number of hydrogen-bond donors (Lipinski definition) is 0. The zero-order chi connectivity index (χ0) is 14.1. The van der Waals surface area contributed by atoms with Gasteiger partial charge in [0, 0.05) is 4.91 Å². The first kappa shape index (κ1) is 14.9. The Bertz CT molecular complexity index is 376. The molecule has 18 heavy (non-hydrogen) atoms. The topological polar surface area (TPSA) is 206 Å². The average Bonchev–Trinajstić information content (AvgIpc) is 2.22. The van der Waals surface area contributed by atoms with E-state index in [0.717, 1.165) is 0 Å². The van der Waals surface area contributed by atoms with E-state index in [1.807, 2.05) is 0 Å². The number of hydrogen-bond acceptors (Lipinski definition) is 10. The summed E-state index contributed by atoms with van der Waals surface area (Å²) in [6.07, 6.45) is -4.10. The first-order valence-corrected chi connectivity index (χ1v) is 3.80. The van der Waals surface area contributed by atoms with Gasteiger partial charge in [0.05, 0.1) is 0 Å². The van der Waals surface area contributed by atoms with Crippen LogP contribution in [0.25, 0.3) is 10.4 Å². The van der Waals surface area contributed by atoms with Crippen LogP contribution in [-0.4, -0.2) is 34.2 Å². The summed E-state index contributed by atoms with van der Waals surface area (Å²) in [6, 6.07) is 0. The molecule has 0 radical (unpaired) electrons. The number of azide groups is 1. The van der Waals surface area contributed by atoms with Gasteiger partial charge in [-0.25, -0.2) is 0 Å². The lowest BCUT2D eigenvalue weighted by atomic mass is 10.3. The van der Waals surface area contributed by atoms with Gasteiger partial charge in [0.25, 0.3) is 15.3 Å². The molecule has 0 N–H and O–H groups in total. The van der Waals surface area contributed by atoms with Gasteiger partial charge in [0.2, 0.25) is 6.23 Å². The zero-order valence-corrected chi connectivity index (χ0v) is 8.22. The predicted molar refractivity (Wildman–Crippen MR) is 45.8 cm³/mol. The second-order valence-electron chi connectivity index (χ2n) is 2.31. The normalized spacial score (nSPS) is 12.4. The Kier molecular flexibility index (Phi) is 5.99. The van der Waals surface area contributed by atoms with Crippen LogP contribution in [0.2, 0.25) is 0 Å². The molecule has 2 atom stereocenters. The van der Waals surface area contributed by atoms with E-state index in [-0.39, 0.29) is 0 Å². The van der Waals surface area contributed by atoms with Crippen LogP contribution in [0.4, 0.5) is 0 Å². The molecule has 0 heterocycles. The van der Waals surface area contributed by atoms with E-state index in [2.05, 4.69) is 24.5 Å². The van der Waals surface area contributed by atoms with Crippen LogP contribution >= 0.6 is 0 Å². The Morgan fingerprint density at radius 2 is 1.67 bits per heavy atom. The summed E-state index contributed by atoms with van der Waals surface area (Å²) in [4.78, 5) is 43.3. The van der Waals surface area contributed by atoms with Crippen molar-refractivity contribution >= 4 is 0 Å². The molecular formula is C3H4N6O9. The van der Waals surface area contributed by atoms with Gasteiger partial charge < -0.3 is 14.5 Å². The van der Waals surface area contributed by atoms with Crippen LogP contribution in [0, 0.1) is 30.3 Å². The summed E-state index contributed by atoms with van der Waals surface area (Å²) in [5.74, 6) is 0. The first-order valence-electron chi connectivity index (χ1n) is 3.80. The smallest absolute Gasteiger partial charge is 0.294 e. The summed E-state index contributed by atoms with van der Waals surface area (Å²) in [5, 5.41) is 28.5. The Morgan fingerprint density at radius 3 is 2.06 bits per heavy atom. The molecule has 100 valence electrons. The average molecular weight is 268 g/mol. The van der Waals surface area contributed by atoms with Crippen molar-refractivity contribution in [1.82, 2.24) is 0 Å². The second-order valence-corrected chi connectivity index (χ2v) is 2.31. The maximum atomic E-state index is 10.0. The molecule has 15 nitrogen and oxygen atoms in total. The molecule has 0 fully saturated rings. The molecule has 0 aliphatic heterocycles. The lowest BCUT2D eigenvalue weighted by Gasteiger charge is -2.18. The number of nitrogens with zero attached hydrogens (tertiary/aromatic N) is 6. The van der Waals surface area contributed by atoms with E-state index < -0.39 is 34.2 Å². The standard InChI is InChI=1S/C3H4N6O9/c4-6-5-3(18-9(14)15)2(17-8(12)13)1-16-7(10)11/h2-3H,1H2. The van der Waals surface area contributed by atoms with Crippen molar-refractivity contribution < 1.29 is 29.8 Å². The van der Waals surface area contributed by atoms with Crippen LogP contribution in [0.1, 0.15) is 0 Å². The highest BCUT2D eigenvalue weighted by Gasteiger charge is 2.29. The van der Waals surface area contributed by atoms with E-state index in [1.165, 1.54) is 0 Å². The summed E-state index contributed by atoms with van der Waals surface area (Å²) in [5.41, 5.74) is 8.07. The monoisotopic (exact) mass is 268 g/mol. The molecule has 0 spiro atoms. The van der Waals surface area contributed by atoms with E-state index in [0.29, 0.717) is 0 Å². The summed E-state index contributed by atoms with van der Waals surface area (Å²) in [7, 11) is 0. The molecule has 0 bridgehead atoms. The van der Waals surface area contributed by atoms with Crippen LogP contribution in [0.5, 0.6) is 0 Å². The van der Waals surface area contributed by atoms with Crippen LogP contribution in [-0.2, 0) is 14.5 Å². The highest BCUT2D eigenvalue weighted by atomic mass is 17.0. The third kappa shape index (κ3) is 6.40. The molecule has 0 saturated carbocycles. The second kappa shape index (κ2) is 7.23. The molecule has 0 rings (SSSR count). The molecule has 2 unspecified atom stereocenters. The third-order valence-corrected chi connectivity index (χ3v) is 1.24. The van der Waals surface area contributed by atoms with Gasteiger partial charge in [0.1, 0.15) is 6.61 Å². The van der Waals surface area contributed by atoms with Crippen LogP contribution in [0.15, 0.2) is 5.11 Å². The summed E-state index contributed by atoms with van der Waals surface area (Å²) >= 11 is 0. The van der Waals surface area contributed by atoms with Crippen LogP contribution in [0.3, 0.4) is 0 Å². The highest BCUT2D eigenvalue weighted by Crippen LogP contribution is 2.08. The largest absolute Gasteiger partial charge is 0.311 e. The van der Waals surface area contributed by atoms with Crippen molar-refractivity contribution in [3.05, 3.63) is 40.8 Å². The van der Waals surface area contributed by atoms with Gasteiger partial charge in [-0.1, -0.05) is 5.11 Å². The Labute approximate surface area is 95.8 Å². The van der Waals surface area contributed by atoms with Gasteiger partial charge in [-0.2, -0.15) is 0 Å². The van der Waals surface area contributed by atoms with E-state index in [9.17, 15) is 30.3 Å². The van der Waals surface area contributed by atoms with E-state index >= 15 is 0 Å². The van der Waals surface area contributed by atoms with Crippen LogP contribution < -0.4 is 0 Å². The van der Waals surface area contributed by atoms with Crippen molar-refractivity contribution in [2.75, 3.05) is 6.61 Å².